The summed E-state index contributed by atoms with van der Waals surface area (Å²) >= 11 is 0. The van der Waals surface area contributed by atoms with E-state index < -0.39 is 22.8 Å². The fourth-order valence-corrected chi connectivity index (χ4v) is 1.52. The summed E-state index contributed by atoms with van der Waals surface area (Å²) < 4.78 is 4.48. The maximum atomic E-state index is 11.8. The summed E-state index contributed by atoms with van der Waals surface area (Å²) in [6.45, 7) is 3.03. The normalized spacial score (nSPS) is 11.5. The quantitative estimate of drug-likeness (QED) is 0.501. The van der Waals surface area contributed by atoms with Gasteiger partial charge in [-0.1, -0.05) is 0 Å². The largest absolute Gasteiger partial charge is 0.467 e. The Kier molecular flexibility index (Phi) is 4.57. The molecule has 7 nitrogen and oxygen atoms in total. The Hall–Kier alpha value is -2.44. The molecular formula is C12H14N2O5. The van der Waals surface area contributed by atoms with Crippen LogP contribution in [0.5, 0.6) is 0 Å². The number of aryl methyl sites for hydroxylation is 1. The van der Waals surface area contributed by atoms with Crippen LogP contribution in [0.4, 0.5) is 5.69 Å². The van der Waals surface area contributed by atoms with E-state index in [1.165, 1.54) is 32.2 Å². The first-order valence-electron chi connectivity index (χ1n) is 5.50. The van der Waals surface area contributed by atoms with Crippen LogP contribution in [0.15, 0.2) is 18.2 Å². The van der Waals surface area contributed by atoms with Gasteiger partial charge in [-0.15, -0.1) is 0 Å². The molecule has 7 heteroatoms. The Labute approximate surface area is 109 Å². The number of methoxy groups -OCH3 is 1. The van der Waals surface area contributed by atoms with E-state index in [2.05, 4.69) is 10.1 Å². The molecule has 0 saturated carbocycles. The number of amides is 1. The van der Waals surface area contributed by atoms with Crippen LogP contribution in [-0.4, -0.2) is 30.0 Å². The summed E-state index contributed by atoms with van der Waals surface area (Å²) in [7, 11) is 1.22. The van der Waals surface area contributed by atoms with Gasteiger partial charge in [0.2, 0.25) is 0 Å². The lowest BCUT2D eigenvalue weighted by atomic mass is 10.1. The van der Waals surface area contributed by atoms with E-state index in [0.717, 1.165) is 0 Å². The summed E-state index contributed by atoms with van der Waals surface area (Å²) in [5, 5.41) is 13.1. The number of ether oxygens (including phenoxy) is 1. The highest BCUT2D eigenvalue weighted by Crippen LogP contribution is 2.18. The van der Waals surface area contributed by atoms with Gasteiger partial charge in [0.25, 0.3) is 11.6 Å². The maximum absolute atomic E-state index is 11.8. The first-order valence-corrected chi connectivity index (χ1v) is 5.50. The molecule has 1 atom stereocenters. The van der Waals surface area contributed by atoms with Crippen LogP contribution in [0.1, 0.15) is 22.8 Å². The molecule has 0 aliphatic carbocycles. The molecule has 0 heterocycles. The molecule has 0 saturated heterocycles. The molecule has 102 valence electrons. The van der Waals surface area contributed by atoms with E-state index in [1.54, 1.807) is 6.92 Å². The standard InChI is InChI=1S/C12H14N2O5/c1-7-6-9(4-5-10(7)14(17)18)11(15)13-8(2)12(16)19-3/h4-6,8H,1-3H3,(H,13,15). The number of nitrogens with zero attached hydrogens (tertiary/aromatic N) is 1. The van der Waals surface area contributed by atoms with Crippen molar-refractivity contribution in [3.8, 4) is 0 Å². The second kappa shape index (κ2) is 5.94. The summed E-state index contributed by atoms with van der Waals surface area (Å²) in [5.41, 5.74) is 0.569. The average Bonchev–Trinajstić information content (AvgIpc) is 2.36. The fourth-order valence-electron chi connectivity index (χ4n) is 1.52. The minimum atomic E-state index is -0.784. The lowest BCUT2D eigenvalue weighted by Gasteiger charge is -2.11. The fraction of sp³-hybridized carbons (Fsp3) is 0.333. The van der Waals surface area contributed by atoms with Gasteiger partial charge >= 0.3 is 5.97 Å². The molecule has 0 spiro atoms. The van der Waals surface area contributed by atoms with E-state index in [0.29, 0.717) is 5.56 Å². The number of hydrogen-bond donors (Lipinski definition) is 1. The molecule has 1 aromatic carbocycles. The van der Waals surface area contributed by atoms with Crippen LogP contribution in [0.2, 0.25) is 0 Å². The molecule has 0 fully saturated rings. The third-order valence-corrected chi connectivity index (χ3v) is 2.56. The average molecular weight is 266 g/mol. The maximum Gasteiger partial charge on any atom is 0.328 e. The monoisotopic (exact) mass is 266 g/mol. The summed E-state index contributed by atoms with van der Waals surface area (Å²) in [5.74, 6) is -1.05. The van der Waals surface area contributed by atoms with Crippen molar-refractivity contribution in [1.29, 1.82) is 0 Å². The van der Waals surface area contributed by atoms with Gasteiger partial charge in [-0.2, -0.15) is 0 Å². The lowest BCUT2D eigenvalue weighted by Crippen LogP contribution is -2.39. The zero-order chi connectivity index (χ0) is 14.6. The molecule has 1 aromatic rings. The van der Waals surface area contributed by atoms with Gasteiger partial charge in [-0.25, -0.2) is 4.79 Å². The smallest absolute Gasteiger partial charge is 0.328 e. The van der Waals surface area contributed by atoms with Gasteiger partial charge in [-0.05, 0) is 26.0 Å². The molecule has 1 N–H and O–H groups in total. The molecule has 0 radical (unpaired) electrons. The zero-order valence-electron chi connectivity index (χ0n) is 10.8. The van der Waals surface area contributed by atoms with Gasteiger partial charge in [0, 0.05) is 17.2 Å². The minimum Gasteiger partial charge on any atom is -0.467 e. The molecule has 1 unspecified atom stereocenters. The van der Waals surface area contributed by atoms with Crippen molar-refractivity contribution in [2.45, 2.75) is 19.9 Å². The minimum absolute atomic E-state index is 0.0578. The molecular weight excluding hydrogens is 252 g/mol. The summed E-state index contributed by atoms with van der Waals surface area (Å²) in [4.78, 5) is 33.1. The van der Waals surface area contributed by atoms with Crippen molar-refractivity contribution in [2.24, 2.45) is 0 Å². The van der Waals surface area contributed by atoms with E-state index in [9.17, 15) is 19.7 Å². The zero-order valence-corrected chi connectivity index (χ0v) is 10.8. The number of carbonyl (C=O) groups excluding carboxylic acids is 2. The van der Waals surface area contributed by atoms with Crippen LogP contribution in [0, 0.1) is 17.0 Å². The number of nitro groups is 1. The van der Waals surface area contributed by atoms with Crippen LogP contribution in [0.25, 0.3) is 0 Å². The number of hydrogen-bond acceptors (Lipinski definition) is 5. The van der Waals surface area contributed by atoms with Gasteiger partial charge < -0.3 is 10.1 Å². The number of rotatable bonds is 4. The Morgan fingerprint density at radius 1 is 1.42 bits per heavy atom. The second-order valence-electron chi connectivity index (χ2n) is 3.98. The summed E-state index contributed by atoms with van der Waals surface area (Å²) in [6.07, 6.45) is 0. The summed E-state index contributed by atoms with van der Waals surface area (Å²) in [6, 6.07) is 3.21. The van der Waals surface area contributed by atoms with Gasteiger partial charge in [-0.3, -0.25) is 14.9 Å². The first-order chi connectivity index (χ1) is 8.86. The molecule has 1 amide bonds. The Bertz CT molecular complexity index is 527. The third kappa shape index (κ3) is 3.51. The van der Waals surface area contributed by atoms with Crippen LogP contribution in [0.3, 0.4) is 0 Å². The van der Waals surface area contributed by atoms with Crippen molar-refractivity contribution in [2.75, 3.05) is 7.11 Å². The molecule has 0 aliphatic heterocycles. The first kappa shape index (κ1) is 14.6. The molecule has 19 heavy (non-hydrogen) atoms. The van der Waals surface area contributed by atoms with Crippen molar-refractivity contribution in [3.63, 3.8) is 0 Å². The van der Waals surface area contributed by atoms with Gasteiger partial charge in [0.1, 0.15) is 6.04 Å². The van der Waals surface area contributed by atoms with Crippen molar-refractivity contribution < 1.29 is 19.2 Å². The van der Waals surface area contributed by atoms with E-state index in [1.807, 2.05) is 0 Å². The molecule has 0 aliphatic rings. The number of benzene rings is 1. The molecule has 0 aromatic heterocycles. The van der Waals surface area contributed by atoms with E-state index >= 15 is 0 Å². The van der Waals surface area contributed by atoms with E-state index in [-0.39, 0.29) is 11.3 Å². The third-order valence-electron chi connectivity index (χ3n) is 2.56. The Balaban J connectivity index is 2.87. The van der Waals surface area contributed by atoms with Crippen LogP contribution in [-0.2, 0) is 9.53 Å². The molecule has 0 bridgehead atoms. The SMILES string of the molecule is COC(=O)C(C)NC(=O)c1ccc([N+](=O)[O-])c(C)c1. The predicted molar refractivity (Wildman–Crippen MR) is 66.8 cm³/mol. The molecule has 1 rings (SSSR count). The Morgan fingerprint density at radius 3 is 2.53 bits per heavy atom. The van der Waals surface area contributed by atoms with Crippen LogP contribution >= 0.6 is 0 Å². The number of nitrogens with one attached hydrogen (secondary N) is 1. The van der Waals surface area contributed by atoms with Crippen molar-refractivity contribution >= 4 is 17.6 Å². The second-order valence-corrected chi connectivity index (χ2v) is 3.98. The topological polar surface area (TPSA) is 98.5 Å². The number of carbonyl (C=O) groups is 2. The van der Waals surface area contributed by atoms with Gasteiger partial charge in [0.15, 0.2) is 0 Å². The van der Waals surface area contributed by atoms with Gasteiger partial charge in [0.05, 0.1) is 12.0 Å². The van der Waals surface area contributed by atoms with Crippen molar-refractivity contribution in [1.82, 2.24) is 5.32 Å². The lowest BCUT2D eigenvalue weighted by molar-refractivity contribution is -0.385. The highest BCUT2D eigenvalue weighted by Gasteiger charge is 2.18. The highest BCUT2D eigenvalue weighted by atomic mass is 16.6. The number of esters is 1. The van der Waals surface area contributed by atoms with E-state index in [4.69, 9.17) is 0 Å². The number of nitro benzene ring substituents is 1. The highest BCUT2D eigenvalue weighted by molar-refractivity contribution is 5.97. The van der Waals surface area contributed by atoms with Crippen LogP contribution < -0.4 is 5.32 Å². The Morgan fingerprint density at radius 2 is 2.05 bits per heavy atom. The predicted octanol–water partition coefficient (Wildman–Crippen LogP) is 1.19. The van der Waals surface area contributed by atoms with Crippen molar-refractivity contribution in [3.05, 3.63) is 39.4 Å².